The number of carbonyl (C=O) groups is 2. The van der Waals surface area contributed by atoms with Crippen molar-refractivity contribution < 1.29 is 14.0 Å². The smallest absolute Gasteiger partial charge is 0.318 e. The maximum Gasteiger partial charge on any atom is 0.318 e. The van der Waals surface area contributed by atoms with Gasteiger partial charge in [0.1, 0.15) is 11.9 Å². The number of rotatable bonds is 5. The van der Waals surface area contributed by atoms with Crippen molar-refractivity contribution in [2.24, 2.45) is 5.92 Å². The van der Waals surface area contributed by atoms with Crippen molar-refractivity contribution in [3.05, 3.63) is 100 Å². The number of amides is 3. The minimum atomic E-state index is -0.843. The van der Waals surface area contributed by atoms with Gasteiger partial charge < -0.3 is 20.1 Å². The Morgan fingerprint density at radius 3 is 2.57 bits per heavy atom. The van der Waals surface area contributed by atoms with Crippen molar-refractivity contribution in [2.75, 3.05) is 18.4 Å². The van der Waals surface area contributed by atoms with Gasteiger partial charge in [-0.05, 0) is 42.2 Å². The summed E-state index contributed by atoms with van der Waals surface area (Å²) in [6, 6.07) is 19.2. The standard InChI is InChI=1S/C27H27FN4O3/c28-21-8-4-9-22(14-21)29-26(34)23(13-18-6-2-1-3-7-18)30-27(35)31-15-19-12-20(17-31)24-10-5-11-25(33)32(24)16-19/h1-11,14,19-20,23H,12-13,15-17H2,(H,29,34)(H,30,35)/t19-,20+,23+/m1/s1. The van der Waals surface area contributed by atoms with Gasteiger partial charge in [0.2, 0.25) is 5.91 Å². The van der Waals surface area contributed by atoms with Crippen LogP contribution in [0, 0.1) is 11.7 Å². The number of fused-ring (bicyclic) bond motifs is 4. The molecule has 0 saturated carbocycles. The maximum absolute atomic E-state index is 13.6. The summed E-state index contributed by atoms with van der Waals surface area (Å²) in [5.74, 6) is -0.607. The third-order valence-electron chi connectivity index (χ3n) is 6.76. The first-order valence-corrected chi connectivity index (χ1v) is 11.8. The molecule has 3 amide bonds. The van der Waals surface area contributed by atoms with Gasteiger partial charge in [-0.3, -0.25) is 9.59 Å². The van der Waals surface area contributed by atoms with Gasteiger partial charge in [-0.2, -0.15) is 0 Å². The van der Waals surface area contributed by atoms with Crippen molar-refractivity contribution in [3.8, 4) is 0 Å². The van der Waals surface area contributed by atoms with E-state index in [1.807, 2.05) is 41.0 Å². The Bertz CT molecular complexity index is 1290. The number of pyridine rings is 1. The summed E-state index contributed by atoms with van der Waals surface area (Å²) in [7, 11) is 0. The van der Waals surface area contributed by atoms with Crippen LogP contribution in [-0.2, 0) is 17.8 Å². The van der Waals surface area contributed by atoms with Gasteiger partial charge in [0.15, 0.2) is 0 Å². The van der Waals surface area contributed by atoms with E-state index in [-0.39, 0.29) is 23.4 Å². The molecule has 2 N–H and O–H groups in total. The second-order valence-electron chi connectivity index (χ2n) is 9.29. The molecule has 0 aliphatic carbocycles. The number of aromatic nitrogens is 1. The number of carbonyl (C=O) groups excluding carboxylic acids is 2. The Morgan fingerprint density at radius 2 is 1.77 bits per heavy atom. The van der Waals surface area contributed by atoms with Crippen LogP contribution in [0.4, 0.5) is 14.9 Å². The molecule has 7 nitrogen and oxygen atoms in total. The van der Waals surface area contributed by atoms with Crippen molar-refractivity contribution in [2.45, 2.75) is 31.3 Å². The number of anilines is 1. The summed E-state index contributed by atoms with van der Waals surface area (Å²) < 4.78 is 15.4. The summed E-state index contributed by atoms with van der Waals surface area (Å²) in [6.07, 6.45) is 1.23. The lowest BCUT2D eigenvalue weighted by atomic mass is 9.83. The molecule has 3 atom stereocenters. The third-order valence-corrected chi connectivity index (χ3v) is 6.76. The number of nitrogens with zero attached hydrogens (tertiary/aromatic N) is 2. The Kier molecular flexibility index (Phi) is 6.35. The molecule has 0 spiro atoms. The van der Waals surface area contributed by atoms with E-state index < -0.39 is 17.8 Å². The quantitative estimate of drug-likeness (QED) is 0.595. The van der Waals surface area contributed by atoms with E-state index in [0.29, 0.717) is 31.7 Å². The lowest BCUT2D eigenvalue weighted by Crippen LogP contribution is -2.55. The largest absolute Gasteiger partial charge is 0.326 e. The number of hydrogen-bond donors (Lipinski definition) is 2. The predicted molar refractivity (Wildman–Crippen MR) is 131 cm³/mol. The van der Waals surface area contributed by atoms with Crippen LogP contribution in [-0.4, -0.2) is 40.5 Å². The van der Waals surface area contributed by atoms with Crippen LogP contribution in [0.25, 0.3) is 0 Å². The highest BCUT2D eigenvalue weighted by molar-refractivity contribution is 5.97. The Hall–Kier alpha value is -3.94. The lowest BCUT2D eigenvalue weighted by molar-refractivity contribution is -0.118. The van der Waals surface area contributed by atoms with E-state index in [1.165, 1.54) is 18.2 Å². The number of likely N-dealkylation sites (tertiary alicyclic amines) is 1. The Morgan fingerprint density at radius 1 is 0.971 bits per heavy atom. The molecule has 1 aromatic heterocycles. The highest BCUT2D eigenvalue weighted by atomic mass is 19.1. The molecule has 2 aromatic carbocycles. The van der Waals surface area contributed by atoms with Crippen LogP contribution < -0.4 is 16.2 Å². The fourth-order valence-corrected chi connectivity index (χ4v) is 5.16. The average molecular weight is 475 g/mol. The number of nitrogens with one attached hydrogen (secondary N) is 2. The summed E-state index contributed by atoms with van der Waals surface area (Å²) in [6.45, 7) is 1.59. The normalized spacial score (nSPS) is 19.4. The van der Waals surface area contributed by atoms with Gasteiger partial charge in [0.05, 0.1) is 0 Å². The topological polar surface area (TPSA) is 83.4 Å². The lowest BCUT2D eigenvalue weighted by Gasteiger charge is -2.43. The molecule has 8 heteroatoms. The second-order valence-corrected chi connectivity index (χ2v) is 9.29. The van der Waals surface area contributed by atoms with Crippen LogP contribution in [0.5, 0.6) is 0 Å². The molecule has 1 fully saturated rings. The van der Waals surface area contributed by atoms with Crippen LogP contribution in [0.2, 0.25) is 0 Å². The zero-order valence-corrected chi connectivity index (χ0v) is 19.2. The summed E-state index contributed by atoms with van der Waals surface area (Å²) in [4.78, 5) is 40.5. The molecule has 0 radical (unpaired) electrons. The fourth-order valence-electron chi connectivity index (χ4n) is 5.16. The molecular weight excluding hydrogens is 447 g/mol. The molecule has 5 rings (SSSR count). The number of urea groups is 1. The van der Waals surface area contributed by atoms with Gasteiger partial charge >= 0.3 is 6.03 Å². The first kappa shape index (κ1) is 22.8. The number of piperidine rings is 1. The molecule has 3 heterocycles. The van der Waals surface area contributed by atoms with Gasteiger partial charge in [0, 0.05) is 49.4 Å². The van der Waals surface area contributed by atoms with E-state index in [4.69, 9.17) is 0 Å². The minimum absolute atomic E-state index is 0.00736. The molecule has 2 aliphatic heterocycles. The van der Waals surface area contributed by atoms with Gasteiger partial charge in [-0.25, -0.2) is 9.18 Å². The molecule has 0 unspecified atom stereocenters. The van der Waals surface area contributed by atoms with Crippen molar-refractivity contribution in [1.82, 2.24) is 14.8 Å². The van der Waals surface area contributed by atoms with Gasteiger partial charge in [-0.1, -0.05) is 42.5 Å². The molecular formula is C27H27FN4O3. The van der Waals surface area contributed by atoms with E-state index in [2.05, 4.69) is 10.6 Å². The Balaban J connectivity index is 1.32. The Labute approximate surface area is 202 Å². The number of hydrogen-bond acceptors (Lipinski definition) is 3. The zero-order valence-electron chi connectivity index (χ0n) is 19.2. The van der Waals surface area contributed by atoms with E-state index in [9.17, 15) is 18.8 Å². The van der Waals surface area contributed by atoms with Crippen LogP contribution >= 0.6 is 0 Å². The van der Waals surface area contributed by atoms with Crippen LogP contribution in [0.1, 0.15) is 23.6 Å². The fraction of sp³-hybridized carbons (Fsp3) is 0.296. The first-order valence-electron chi connectivity index (χ1n) is 11.8. The van der Waals surface area contributed by atoms with Crippen molar-refractivity contribution in [1.29, 1.82) is 0 Å². The molecule has 2 bridgehead atoms. The zero-order chi connectivity index (χ0) is 24.4. The average Bonchev–Trinajstić information content (AvgIpc) is 2.85. The highest BCUT2D eigenvalue weighted by Gasteiger charge is 2.37. The van der Waals surface area contributed by atoms with Gasteiger partial charge in [-0.15, -0.1) is 0 Å². The second kappa shape index (κ2) is 9.74. The summed E-state index contributed by atoms with van der Waals surface area (Å²) in [5, 5.41) is 5.63. The van der Waals surface area contributed by atoms with Gasteiger partial charge in [0.25, 0.3) is 5.56 Å². The minimum Gasteiger partial charge on any atom is -0.326 e. The van der Waals surface area contributed by atoms with Crippen molar-refractivity contribution >= 4 is 17.6 Å². The van der Waals surface area contributed by atoms with Crippen LogP contribution in [0.15, 0.2) is 77.6 Å². The SMILES string of the molecule is O=C(Nc1cccc(F)c1)[C@H](Cc1ccccc1)NC(=O)N1C[C@H]2C[C@@H](C1)c1cccc(=O)n1C2. The first-order chi connectivity index (χ1) is 17.0. The van der Waals surface area contributed by atoms with E-state index in [0.717, 1.165) is 17.7 Å². The molecule has 2 aliphatic rings. The maximum atomic E-state index is 13.6. The summed E-state index contributed by atoms with van der Waals surface area (Å²) >= 11 is 0. The molecule has 35 heavy (non-hydrogen) atoms. The molecule has 1 saturated heterocycles. The summed E-state index contributed by atoms with van der Waals surface area (Å²) in [5.41, 5.74) is 2.18. The van der Waals surface area contributed by atoms with Crippen molar-refractivity contribution in [3.63, 3.8) is 0 Å². The number of benzene rings is 2. The third kappa shape index (κ3) is 5.11. The predicted octanol–water partition coefficient (Wildman–Crippen LogP) is 3.37. The highest BCUT2D eigenvalue weighted by Crippen LogP contribution is 2.34. The van der Waals surface area contributed by atoms with E-state index >= 15 is 0 Å². The molecule has 180 valence electrons. The van der Waals surface area contributed by atoms with Crippen LogP contribution in [0.3, 0.4) is 0 Å². The monoisotopic (exact) mass is 474 g/mol. The molecule has 3 aromatic rings. The number of halogens is 1. The van der Waals surface area contributed by atoms with E-state index in [1.54, 1.807) is 23.1 Å².